The third-order valence-electron chi connectivity index (χ3n) is 4.03. The molecule has 0 aliphatic rings. The van der Waals surface area contributed by atoms with Crippen molar-refractivity contribution in [2.24, 2.45) is 22.1 Å². The summed E-state index contributed by atoms with van der Waals surface area (Å²) in [6.07, 6.45) is 5.74. The van der Waals surface area contributed by atoms with Crippen LogP contribution in [0.15, 0.2) is 10.2 Å². The second-order valence-corrected chi connectivity index (χ2v) is 7.17. The van der Waals surface area contributed by atoms with Crippen LogP contribution in [0.1, 0.15) is 80.1 Å². The summed E-state index contributed by atoms with van der Waals surface area (Å²) in [7, 11) is 0. The molecule has 0 saturated heterocycles. The van der Waals surface area contributed by atoms with Gasteiger partial charge in [0.15, 0.2) is 11.1 Å². The largest absolute Gasteiger partial charge is 0.196 e. The lowest BCUT2D eigenvalue weighted by atomic mass is 9.88. The second-order valence-electron chi connectivity index (χ2n) is 7.17. The summed E-state index contributed by atoms with van der Waals surface area (Å²) in [6.45, 7) is 12.2. The molecule has 0 spiro atoms. The van der Waals surface area contributed by atoms with Crippen LogP contribution in [0.25, 0.3) is 0 Å². The standard InChI is InChI=1S/C18H32N4/c1-7-9-15(3)11-17(5,13-19)21-22-18(6,14-20)12-16(4)10-8-2/h15-16H,7-12H2,1-6H3. The Hall–Kier alpha value is -1.42. The molecule has 0 rings (SSSR count). The van der Waals surface area contributed by atoms with Crippen molar-refractivity contribution in [2.75, 3.05) is 0 Å². The Morgan fingerprint density at radius 1 is 0.818 bits per heavy atom. The van der Waals surface area contributed by atoms with E-state index in [-0.39, 0.29) is 0 Å². The molecule has 0 aliphatic carbocycles. The van der Waals surface area contributed by atoms with Gasteiger partial charge >= 0.3 is 0 Å². The van der Waals surface area contributed by atoms with E-state index in [1.165, 1.54) is 0 Å². The van der Waals surface area contributed by atoms with E-state index in [0.29, 0.717) is 24.7 Å². The minimum atomic E-state index is -0.833. The Balaban J connectivity index is 4.99. The maximum absolute atomic E-state index is 9.45. The van der Waals surface area contributed by atoms with Crippen molar-refractivity contribution in [3.8, 4) is 12.1 Å². The molecule has 124 valence electrons. The minimum Gasteiger partial charge on any atom is -0.196 e. The zero-order valence-corrected chi connectivity index (χ0v) is 15.2. The highest BCUT2D eigenvalue weighted by Crippen LogP contribution is 2.28. The van der Waals surface area contributed by atoms with Crippen LogP contribution in [-0.2, 0) is 0 Å². The van der Waals surface area contributed by atoms with Gasteiger partial charge in [-0.15, -0.1) is 0 Å². The lowest BCUT2D eigenvalue weighted by molar-refractivity contribution is 0.351. The molecule has 4 atom stereocenters. The van der Waals surface area contributed by atoms with Crippen LogP contribution in [-0.4, -0.2) is 11.1 Å². The van der Waals surface area contributed by atoms with Crippen molar-refractivity contribution >= 4 is 0 Å². The van der Waals surface area contributed by atoms with Gasteiger partial charge in [0.2, 0.25) is 0 Å². The molecule has 0 aliphatic heterocycles. The molecular weight excluding hydrogens is 272 g/mol. The summed E-state index contributed by atoms with van der Waals surface area (Å²) in [4.78, 5) is 0. The minimum absolute atomic E-state index is 0.431. The first-order valence-electron chi connectivity index (χ1n) is 8.50. The van der Waals surface area contributed by atoms with Crippen molar-refractivity contribution in [3.63, 3.8) is 0 Å². The Morgan fingerprint density at radius 3 is 1.36 bits per heavy atom. The second kappa shape index (κ2) is 9.57. The Labute approximate surface area is 136 Å². The molecule has 0 radical (unpaired) electrons. The highest BCUT2D eigenvalue weighted by Gasteiger charge is 2.30. The molecular formula is C18H32N4. The maximum Gasteiger partial charge on any atom is 0.165 e. The number of azo groups is 1. The van der Waals surface area contributed by atoms with E-state index in [4.69, 9.17) is 0 Å². The molecule has 0 heterocycles. The van der Waals surface area contributed by atoms with Crippen LogP contribution < -0.4 is 0 Å². The third-order valence-corrected chi connectivity index (χ3v) is 4.03. The van der Waals surface area contributed by atoms with Crippen molar-refractivity contribution in [1.82, 2.24) is 0 Å². The monoisotopic (exact) mass is 304 g/mol. The average molecular weight is 304 g/mol. The van der Waals surface area contributed by atoms with E-state index in [9.17, 15) is 10.5 Å². The van der Waals surface area contributed by atoms with Crippen molar-refractivity contribution in [2.45, 2.75) is 91.1 Å². The predicted octanol–water partition coefficient (Wildman–Crippen LogP) is 5.66. The van der Waals surface area contributed by atoms with E-state index < -0.39 is 11.1 Å². The van der Waals surface area contributed by atoms with Crippen molar-refractivity contribution < 1.29 is 0 Å². The molecule has 0 aromatic rings. The van der Waals surface area contributed by atoms with Gasteiger partial charge in [-0.3, -0.25) is 0 Å². The van der Waals surface area contributed by atoms with Gasteiger partial charge in [0.1, 0.15) is 0 Å². The van der Waals surface area contributed by atoms with E-state index in [1.807, 2.05) is 13.8 Å². The zero-order chi connectivity index (χ0) is 17.2. The fraction of sp³-hybridized carbons (Fsp3) is 0.889. The van der Waals surface area contributed by atoms with Gasteiger partial charge in [-0.05, 0) is 38.5 Å². The quantitative estimate of drug-likeness (QED) is 0.489. The van der Waals surface area contributed by atoms with Gasteiger partial charge in [0, 0.05) is 0 Å². The number of nitrogens with zero attached hydrogens (tertiary/aromatic N) is 4. The topological polar surface area (TPSA) is 72.3 Å². The summed E-state index contributed by atoms with van der Waals surface area (Å²) >= 11 is 0. The van der Waals surface area contributed by atoms with Gasteiger partial charge in [-0.2, -0.15) is 20.8 Å². The molecule has 0 amide bonds. The van der Waals surface area contributed by atoms with Gasteiger partial charge in [0.05, 0.1) is 12.1 Å². The summed E-state index contributed by atoms with van der Waals surface area (Å²) in [6, 6.07) is 4.55. The summed E-state index contributed by atoms with van der Waals surface area (Å²) in [5.41, 5.74) is -1.67. The molecule has 0 bridgehead atoms. The van der Waals surface area contributed by atoms with Crippen LogP contribution in [0.5, 0.6) is 0 Å². The number of rotatable bonds is 10. The summed E-state index contributed by atoms with van der Waals surface area (Å²) in [5.74, 6) is 0.863. The first-order valence-corrected chi connectivity index (χ1v) is 8.50. The molecule has 4 nitrogen and oxygen atoms in total. The average Bonchev–Trinajstić information content (AvgIpc) is 2.45. The normalized spacial score (nSPS) is 19.6. The first kappa shape index (κ1) is 20.6. The Kier molecular flexibility index (Phi) is 8.95. The lowest BCUT2D eigenvalue weighted by Gasteiger charge is -2.24. The van der Waals surface area contributed by atoms with E-state index in [2.05, 4.69) is 50.1 Å². The van der Waals surface area contributed by atoms with Crippen LogP contribution >= 0.6 is 0 Å². The van der Waals surface area contributed by atoms with E-state index in [1.54, 1.807) is 0 Å². The van der Waals surface area contributed by atoms with Crippen LogP contribution in [0.4, 0.5) is 0 Å². The predicted molar refractivity (Wildman–Crippen MR) is 90.3 cm³/mol. The molecule has 0 saturated carbocycles. The number of nitriles is 2. The number of hydrogen-bond acceptors (Lipinski definition) is 4. The van der Waals surface area contributed by atoms with Crippen molar-refractivity contribution in [3.05, 3.63) is 0 Å². The highest BCUT2D eigenvalue weighted by molar-refractivity contribution is 5.08. The smallest absolute Gasteiger partial charge is 0.165 e. The van der Waals surface area contributed by atoms with Crippen LogP contribution in [0.2, 0.25) is 0 Å². The molecule has 0 N–H and O–H groups in total. The fourth-order valence-electron chi connectivity index (χ4n) is 2.99. The molecule has 22 heavy (non-hydrogen) atoms. The molecule has 0 aromatic carbocycles. The van der Waals surface area contributed by atoms with E-state index >= 15 is 0 Å². The number of hydrogen-bond donors (Lipinski definition) is 0. The van der Waals surface area contributed by atoms with Gasteiger partial charge in [-0.25, -0.2) is 0 Å². The Morgan fingerprint density at radius 2 is 1.14 bits per heavy atom. The van der Waals surface area contributed by atoms with Gasteiger partial charge in [-0.1, -0.05) is 53.4 Å². The van der Waals surface area contributed by atoms with Crippen molar-refractivity contribution in [1.29, 1.82) is 10.5 Å². The zero-order valence-electron chi connectivity index (χ0n) is 15.2. The van der Waals surface area contributed by atoms with E-state index in [0.717, 1.165) is 25.7 Å². The molecule has 0 aromatic heterocycles. The maximum atomic E-state index is 9.45. The van der Waals surface area contributed by atoms with Crippen LogP contribution in [0.3, 0.4) is 0 Å². The first-order chi connectivity index (χ1) is 10.2. The lowest BCUT2D eigenvalue weighted by Crippen LogP contribution is -2.27. The van der Waals surface area contributed by atoms with Crippen LogP contribution in [0, 0.1) is 34.5 Å². The molecule has 0 fully saturated rings. The Bertz CT molecular complexity index is 391. The summed E-state index contributed by atoms with van der Waals surface area (Å²) in [5, 5.41) is 27.5. The van der Waals surface area contributed by atoms with Gasteiger partial charge in [0.25, 0.3) is 0 Å². The SMILES string of the molecule is CCCC(C)CC(C)(C#N)N=NC(C)(C#N)CC(C)CCC. The molecule has 4 unspecified atom stereocenters. The molecule has 4 heteroatoms. The fourth-order valence-corrected chi connectivity index (χ4v) is 2.99. The highest BCUT2D eigenvalue weighted by atomic mass is 15.2. The third kappa shape index (κ3) is 7.55. The van der Waals surface area contributed by atoms with Gasteiger partial charge < -0.3 is 0 Å². The summed E-state index contributed by atoms with van der Waals surface area (Å²) < 4.78 is 0.